The van der Waals surface area contributed by atoms with E-state index in [9.17, 15) is 8.78 Å². The van der Waals surface area contributed by atoms with Gasteiger partial charge < -0.3 is 5.32 Å². The molecule has 106 valence electrons. The maximum absolute atomic E-state index is 13.6. The van der Waals surface area contributed by atoms with E-state index in [1.165, 1.54) is 6.07 Å². The molecule has 0 amide bonds. The first kappa shape index (κ1) is 14.0. The zero-order valence-corrected chi connectivity index (χ0v) is 12.6. The SMILES string of the molecule is Fc1ccc(F)c(CNc2ccc3cc(Br)ccc3c2)c1. The number of rotatable bonds is 3. The summed E-state index contributed by atoms with van der Waals surface area (Å²) in [6.07, 6.45) is 0. The molecule has 0 saturated carbocycles. The number of hydrogen-bond donors (Lipinski definition) is 1. The molecule has 1 nitrogen and oxygen atoms in total. The zero-order valence-electron chi connectivity index (χ0n) is 11.0. The predicted octanol–water partition coefficient (Wildman–Crippen LogP) is 5.49. The molecule has 0 unspecified atom stereocenters. The summed E-state index contributed by atoms with van der Waals surface area (Å²) < 4.78 is 27.7. The third-order valence-electron chi connectivity index (χ3n) is 3.29. The highest BCUT2D eigenvalue weighted by molar-refractivity contribution is 9.10. The van der Waals surface area contributed by atoms with Crippen LogP contribution in [0.3, 0.4) is 0 Å². The number of benzene rings is 3. The Balaban J connectivity index is 1.82. The number of hydrogen-bond acceptors (Lipinski definition) is 1. The van der Waals surface area contributed by atoms with Crippen LogP contribution < -0.4 is 5.32 Å². The van der Waals surface area contributed by atoms with E-state index in [0.717, 1.165) is 33.1 Å². The van der Waals surface area contributed by atoms with Crippen molar-refractivity contribution in [3.63, 3.8) is 0 Å². The second kappa shape index (κ2) is 5.82. The van der Waals surface area contributed by atoms with Crippen molar-refractivity contribution in [3.05, 3.63) is 76.3 Å². The standard InChI is InChI=1S/C17H12BrF2N/c18-14-3-1-12-9-16(5-2-11(12)7-14)21-10-13-8-15(19)4-6-17(13)20/h1-9,21H,10H2. The highest BCUT2D eigenvalue weighted by atomic mass is 79.9. The van der Waals surface area contributed by atoms with Crippen LogP contribution in [0.2, 0.25) is 0 Å². The molecule has 0 atom stereocenters. The summed E-state index contributed by atoms with van der Waals surface area (Å²) in [7, 11) is 0. The Kier molecular flexibility index (Phi) is 3.88. The van der Waals surface area contributed by atoms with Crippen molar-refractivity contribution in [3.8, 4) is 0 Å². The van der Waals surface area contributed by atoms with Gasteiger partial charge in [-0.3, -0.25) is 0 Å². The van der Waals surface area contributed by atoms with E-state index < -0.39 is 11.6 Å². The van der Waals surface area contributed by atoms with Crippen LogP contribution in [-0.4, -0.2) is 0 Å². The lowest BCUT2D eigenvalue weighted by Crippen LogP contribution is -2.02. The van der Waals surface area contributed by atoms with E-state index in [1.807, 2.05) is 36.4 Å². The third kappa shape index (κ3) is 3.22. The van der Waals surface area contributed by atoms with E-state index >= 15 is 0 Å². The molecular formula is C17H12BrF2N. The quantitative estimate of drug-likeness (QED) is 0.660. The van der Waals surface area contributed by atoms with Gasteiger partial charge in [0.1, 0.15) is 11.6 Å². The maximum atomic E-state index is 13.6. The summed E-state index contributed by atoms with van der Waals surface area (Å²) in [5.41, 5.74) is 1.18. The average Bonchev–Trinajstić information content (AvgIpc) is 2.48. The van der Waals surface area contributed by atoms with E-state index in [0.29, 0.717) is 5.56 Å². The monoisotopic (exact) mass is 347 g/mol. The Hall–Kier alpha value is -1.94. The Labute approximate surface area is 129 Å². The minimum Gasteiger partial charge on any atom is -0.381 e. The van der Waals surface area contributed by atoms with Gasteiger partial charge in [0.2, 0.25) is 0 Å². The lowest BCUT2D eigenvalue weighted by Gasteiger charge is -2.09. The van der Waals surface area contributed by atoms with E-state index in [-0.39, 0.29) is 6.54 Å². The molecule has 1 N–H and O–H groups in total. The minimum absolute atomic E-state index is 0.242. The van der Waals surface area contributed by atoms with E-state index in [4.69, 9.17) is 0 Å². The molecule has 21 heavy (non-hydrogen) atoms. The fourth-order valence-electron chi connectivity index (χ4n) is 2.20. The van der Waals surface area contributed by atoms with Crippen molar-refractivity contribution < 1.29 is 8.78 Å². The van der Waals surface area contributed by atoms with E-state index in [1.54, 1.807) is 0 Å². The maximum Gasteiger partial charge on any atom is 0.128 e. The Morgan fingerprint density at radius 2 is 1.62 bits per heavy atom. The summed E-state index contributed by atoms with van der Waals surface area (Å²) >= 11 is 3.43. The molecule has 0 spiro atoms. The highest BCUT2D eigenvalue weighted by Gasteiger charge is 2.04. The summed E-state index contributed by atoms with van der Waals surface area (Å²) in [5.74, 6) is -0.842. The number of fused-ring (bicyclic) bond motifs is 1. The van der Waals surface area contributed by atoms with Gasteiger partial charge in [-0.15, -0.1) is 0 Å². The van der Waals surface area contributed by atoms with Gasteiger partial charge in [0.15, 0.2) is 0 Å². The van der Waals surface area contributed by atoms with Crippen molar-refractivity contribution in [2.45, 2.75) is 6.54 Å². The molecule has 3 rings (SSSR count). The van der Waals surface area contributed by atoms with E-state index in [2.05, 4.69) is 21.2 Å². The largest absolute Gasteiger partial charge is 0.381 e. The van der Waals surface area contributed by atoms with Crippen molar-refractivity contribution >= 4 is 32.4 Å². The van der Waals surface area contributed by atoms with Gasteiger partial charge in [-0.1, -0.05) is 28.1 Å². The number of halogens is 3. The van der Waals surface area contributed by atoms with Crippen LogP contribution >= 0.6 is 15.9 Å². The first-order valence-corrected chi connectivity index (χ1v) is 7.28. The molecule has 0 saturated heterocycles. The summed E-state index contributed by atoms with van der Waals surface area (Å²) in [6, 6.07) is 15.4. The Morgan fingerprint density at radius 1 is 0.857 bits per heavy atom. The number of anilines is 1. The minimum atomic E-state index is -0.434. The predicted molar refractivity (Wildman–Crippen MR) is 85.3 cm³/mol. The first-order valence-electron chi connectivity index (χ1n) is 6.49. The van der Waals surface area contributed by atoms with Crippen molar-refractivity contribution in [2.75, 3.05) is 5.32 Å². The Bertz CT molecular complexity index is 802. The second-order valence-corrected chi connectivity index (χ2v) is 5.71. The summed E-state index contributed by atoms with van der Waals surface area (Å²) in [6.45, 7) is 0.242. The molecule has 0 radical (unpaired) electrons. The lowest BCUT2D eigenvalue weighted by atomic mass is 10.1. The lowest BCUT2D eigenvalue weighted by molar-refractivity contribution is 0.587. The van der Waals surface area contributed by atoms with Crippen molar-refractivity contribution in [1.82, 2.24) is 0 Å². The van der Waals surface area contributed by atoms with Gasteiger partial charge in [0.05, 0.1) is 0 Å². The molecule has 0 aliphatic heterocycles. The van der Waals surface area contributed by atoms with Gasteiger partial charge in [-0.05, 0) is 53.2 Å². The smallest absolute Gasteiger partial charge is 0.128 e. The van der Waals surface area contributed by atoms with Crippen LogP contribution in [0.25, 0.3) is 10.8 Å². The van der Waals surface area contributed by atoms with Crippen molar-refractivity contribution in [2.24, 2.45) is 0 Å². The molecule has 0 heterocycles. The number of nitrogens with one attached hydrogen (secondary N) is 1. The normalized spacial score (nSPS) is 10.8. The first-order chi connectivity index (χ1) is 10.1. The molecule has 0 aliphatic carbocycles. The van der Waals surface area contributed by atoms with Crippen LogP contribution in [0.1, 0.15) is 5.56 Å². The van der Waals surface area contributed by atoms with Crippen LogP contribution in [-0.2, 0) is 6.54 Å². The van der Waals surface area contributed by atoms with Crippen LogP contribution in [0.15, 0.2) is 59.1 Å². The zero-order chi connectivity index (χ0) is 14.8. The average molecular weight is 348 g/mol. The molecule has 3 aromatic rings. The van der Waals surface area contributed by atoms with Crippen molar-refractivity contribution in [1.29, 1.82) is 0 Å². The molecule has 0 bridgehead atoms. The van der Waals surface area contributed by atoms with Gasteiger partial charge in [0.25, 0.3) is 0 Å². The van der Waals surface area contributed by atoms with Gasteiger partial charge in [-0.25, -0.2) is 8.78 Å². The summed E-state index contributed by atoms with van der Waals surface area (Å²) in [4.78, 5) is 0. The van der Waals surface area contributed by atoms with Gasteiger partial charge in [0, 0.05) is 22.3 Å². The molecule has 0 aromatic heterocycles. The van der Waals surface area contributed by atoms with Gasteiger partial charge in [-0.2, -0.15) is 0 Å². The molecule has 4 heteroatoms. The topological polar surface area (TPSA) is 12.0 Å². The fourth-order valence-corrected chi connectivity index (χ4v) is 2.58. The molecule has 0 aliphatic rings. The fraction of sp³-hybridized carbons (Fsp3) is 0.0588. The van der Waals surface area contributed by atoms with Gasteiger partial charge >= 0.3 is 0 Å². The molecular weight excluding hydrogens is 336 g/mol. The van der Waals surface area contributed by atoms with Crippen LogP contribution in [0, 0.1) is 11.6 Å². The third-order valence-corrected chi connectivity index (χ3v) is 3.79. The van der Waals surface area contributed by atoms with Crippen LogP contribution in [0.4, 0.5) is 14.5 Å². The highest BCUT2D eigenvalue weighted by Crippen LogP contribution is 2.23. The molecule has 0 fully saturated rings. The van der Waals surface area contributed by atoms with Crippen LogP contribution in [0.5, 0.6) is 0 Å². The second-order valence-electron chi connectivity index (χ2n) is 4.80. The summed E-state index contributed by atoms with van der Waals surface area (Å²) in [5, 5.41) is 5.32. The Morgan fingerprint density at radius 3 is 2.48 bits per heavy atom. The molecule has 3 aromatic carbocycles.